The van der Waals surface area contributed by atoms with Crippen LogP contribution in [0.2, 0.25) is 0 Å². The lowest BCUT2D eigenvalue weighted by Gasteiger charge is -2.72. The van der Waals surface area contributed by atoms with Crippen molar-refractivity contribution >= 4 is 30.0 Å². The molecule has 0 amide bonds. The van der Waals surface area contributed by atoms with Crippen molar-refractivity contribution in [2.24, 2.45) is 50.2 Å². The first-order chi connectivity index (χ1) is 43.2. The minimum absolute atomic E-state index is 0.0567. The fourth-order valence-corrected chi connectivity index (χ4v) is 18.0. The number of rotatable bonds is 16. The summed E-state index contributed by atoms with van der Waals surface area (Å²) in [6.07, 6.45) is -29.7. The van der Waals surface area contributed by atoms with E-state index in [-0.39, 0.29) is 18.3 Å². The molecule has 27 heteroatoms. The van der Waals surface area contributed by atoms with Crippen molar-refractivity contribution in [3.8, 4) is 0 Å². The lowest BCUT2D eigenvalue weighted by atomic mass is 9.33. The summed E-state index contributed by atoms with van der Waals surface area (Å²) in [7, 11) is 0. The van der Waals surface area contributed by atoms with Crippen molar-refractivity contribution in [1.29, 1.82) is 0 Å². The Kier molecular flexibility index (Phi) is 20.5. The van der Waals surface area contributed by atoms with Crippen LogP contribution in [-0.4, -0.2) is 247 Å². The largest absolute Gasteiger partial charge is 0.479 e. The number of carbonyl (C=O) groups excluding carboxylic acids is 3. The quantitative estimate of drug-likeness (QED) is 0.0344. The third-order valence-electron chi connectivity index (χ3n) is 23.0. The van der Waals surface area contributed by atoms with Gasteiger partial charge < -0.3 is 113 Å². The molecule has 5 aliphatic carbocycles. The number of carboxylic acids is 1. The maximum absolute atomic E-state index is 13.8. The summed E-state index contributed by atoms with van der Waals surface area (Å²) >= 11 is 0. The molecule has 4 heterocycles. The Morgan fingerprint density at radius 2 is 1.24 bits per heavy atom. The molecule has 516 valence electrons. The molecule has 10 rings (SSSR count). The standard InChI is InChI=1S/C65H94O27/c1-29(68)84-40-24-64(9)32(33-23-60(3,4)53(54(85-30(2)69)65(33,40)28-67)88-41(72)18-15-31-13-11-10-12-14-31)16-17-38-62(7)21-20-39(61(5,6)37(62)19-22-63(38,64)8)87-59-52(92-57-47(78)45(76)44(75)36(25-66)86-57)49(48(79)50(90-59)55(80)81)89-58-51(43(74)35(71)27-83-58)91-56-46(77)42(73)34(70)26-82-56/h10-16,18,33-40,42-54,56-59,66-67,70-71,73-79H,17,19-28H2,1-9H3,(H,80,81). The average Bonchev–Trinajstić information content (AvgIpc) is 0.668. The second-order valence-corrected chi connectivity index (χ2v) is 29.0. The van der Waals surface area contributed by atoms with E-state index < -0.39 is 224 Å². The Morgan fingerprint density at radius 1 is 0.609 bits per heavy atom. The fraction of sp³-hybridized carbons (Fsp3) is 0.785. The van der Waals surface area contributed by atoms with Crippen LogP contribution in [0.1, 0.15) is 113 Å². The zero-order chi connectivity index (χ0) is 67.1. The Balaban J connectivity index is 0.970. The topological polar surface area (TPSA) is 413 Å². The van der Waals surface area contributed by atoms with Gasteiger partial charge in [-0.25, -0.2) is 9.59 Å². The van der Waals surface area contributed by atoms with Gasteiger partial charge >= 0.3 is 23.9 Å². The highest BCUT2D eigenvalue weighted by atomic mass is 16.8. The Morgan fingerprint density at radius 3 is 1.88 bits per heavy atom. The van der Waals surface area contributed by atoms with Crippen LogP contribution < -0.4 is 0 Å². The smallest absolute Gasteiger partial charge is 0.335 e. The first-order valence-electron chi connectivity index (χ1n) is 31.9. The molecule has 4 aliphatic heterocycles. The highest BCUT2D eigenvalue weighted by molar-refractivity contribution is 5.87. The summed E-state index contributed by atoms with van der Waals surface area (Å²) in [6.45, 7) is 14.6. The highest BCUT2D eigenvalue weighted by Gasteiger charge is 2.75. The first-order valence-corrected chi connectivity index (χ1v) is 31.9. The molecule has 0 radical (unpaired) electrons. The monoisotopic (exact) mass is 1310 g/mol. The number of aliphatic hydroxyl groups is 11. The maximum atomic E-state index is 13.8. The molecule has 0 spiro atoms. The summed E-state index contributed by atoms with van der Waals surface area (Å²) in [5, 5.41) is 132. The maximum Gasteiger partial charge on any atom is 0.335 e. The predicted octanol–water partition coefficient (Wildman–Crippen LogP) is 0.127. The van der Waals surface area contributed by atoms with Gasteiger partial charge in [0, 0.05) is 25.3 Å². The molecule has 8 fully saturated rings. The number of carboxylic acid groups (broad SMARTS) is 1. The van der Waals surface area contributed by atoms with Crippen LogP contribution in [0.25, 0.3) is 6.08 Å². The highest BCUT2D eigenvalue weighted by Crippen LogP contribution is 2.76. The van der Waals surface area contributed by atoms with Crippen molar-refractivity contribution in [1.82, 2.24) is 0 Å². The summed E-state index contributed by atoms with van der Waals surface area (Å²) in [5.74, 6) is -4.44. The third kappa shape index (κ3) is 12.3. The van der Waals surface area contributed by atoms with Crippen LogP contribution in [0.3, 0.4) is 0 Å². The average molecular weight is 1310 g/mol. The van der Waals surface area contributed by atoms with E-state index in [2.05, 4.69) is 26.8 Å². The Hall–Kier alpha value is -4.18. The number of aliphatic hydroxyl groups excluding tert-OH is 11. The number of aliphatic carboxylic acids is 1. The van der Waals surface area contributed by atoms with Crippen molar-refractivity contribution in [2.75, 3.05) is 26.4 Å². The van der Waals surface area contributed by atoms with Crippen LogP contribution in [0.4, 0.5) is 0 Å². The zero-order valence-corrected chi connectivity index (χ0v) is 53.3. The number of benzene rings is 1. The number of hydrogen-bond acceptors (Lipinski definition) is 26. The van der Waals surface area contributed by atoms with E-state index in [0.29, 0.717) is 38.5 Å². The van der Waals surface area contributed by atoms with Crippen molar-refractivity contribution < 1.29 is 133 Å². The van der Waals surface area contributed by atoms with Gasteiger partial charge in [0.2, 0.25) is 0 Å². The fourth-order valence-electron chi connectivity index (χ4n) is 18.0. The molecular weight excluding hydrogens is 1210 g/mol. The van der Waals surface area contributed by atoms with E-state index in [1.165, 1.54) is 19.9 Å². The normalized spacial score (nSPS) is 47.3. The minimum Gasteiger partial charge on any atom is -0.479 e. The molecule has 4 saturated carbocycles. The molecule has 0 bridgehead atoms. The predicted molar refractivity (Wildman–Crippen MR) is 314 cm³/mol. The van der Waals surface area contributed by atoms with E-state index in [1.54, 1.807) is 6.08 Å². The Labute approximate surface area is 533 Å². The molecule has 29 atom stereocenters. The zero-order valence-electron chi connectivity index (χ0n) is 53.3. The van der Waals surface area contributed by atoms with Gasteiger partial charge in [0.15, 0.2) is 37.4 Å². The number of hydrogen-bond donors (Lipinski definition) is 12. The number of allylic oxidation sites excluding steroid dienone is 2. The first kappa shape index (κ1) is 70.6. The molecule has 9 aliphatic rings. The molecular formula is C65H94O27. The third-order valence-corrected chi connectivity index (χ3v) is 23.0. The van der Waals surface area contributed by atoms with Crippen molar-refractivity contribution in [3.05, 3.63) is 53.6 Å². The Bertz CT molecular complexity index is 2870. The molecule has 27 nitrogen and oxygen atoms in total. The van der Waals surface area contributed by atoms with Gasteiger partial charge in [-0.2, -0.15) is 0 Å². The van der Waals surface area contributed by atoms with Crippen LogP contribution >= 0.6 is 0 Å². The lowest BCUT2D eigenvalue weighted by Crippen LogP contribution is -2.73. The number of esters is 3. The summed E-state index contributed by atoms with van der Waals surface area (Å²) in [5.41, 5.74) is -3.11. The molecule has 92 heavy (non-hydrogen) atoms. The van der Waals surface area contributed by atoms with E-state index in [4.69, 9.17) is 52.1 Å². The molecule has 0 aromatic heterocycles. The van der Waals surface area contributed by atoms with E-state index >= 15 is 0 Å². The van der Waals surface area contributed by atoms with Crippen LogP contribution in [-0.2, 0) is 71.3 Å². The van der Waals surface area contributed by atoms with Gasteiger partial charge in [0.1, 0.15) is 91.6 Å². The SMILES string of the molecule is CC(=O)OC1CC2(C)C(=CCC3C4(C)CCC(OC5OC(C(=O)O)C(O)C(OC6OCC(O)C(O)C6OC6OCC(O)C(O)C6O)C5OC5OC(CO)C(O)C(O)C5O)C(C)(C)C4CCC32C)C2CC(C)(C)C(OC(=O)C=Cc3ccccc3)C(OC(C)=O)C12CO. The second kappa shape index (κ2) is 26.7. The van der Waals surface area contributed by atoms with Crippen molar-refractivity contribution in [3.63, 3.8) is 0 Å². The second-order valence-electron chi connectivity index (χ2n) is 29.0. The summed E-state index contributed by atoms with van der Waals surface area (Å²) in [6, 6.07) is 9.17. The minimum atomic E-state index is -2.23. The van der Waals surface area contributed by atoms with Crippen LogP contribution in [0.15, 0.2) is 48.1 Å². The van der Waals surface area contributed by atoms with Gasteiger partial charge in [-0.3, -0.25) is 9.59 Å². The number of ether oxygens (including phenoxy) is 11. The molecule has 1 aromatic carbocycles. The van der Waals surface area contributed by atoms with Crippen molar-refractivity contribution in [2.45, 2.75) is 242 Å². The van der Waals surface area contributed by atoms with E-state index in [9.17, 15) is 80.5 Å². The van der Waals surface area contributed by atoms with Gasteiger partial charge in [0.25, 0.3) is 0 Å². The van der Waals surface area contributed by atoms with E-state index in [1.807, 2.05) is 58.0 Å². The van der Waals surface area contributed by atoms with Crippen LogP contribution in [0, 0.1) is 50.2 Å². The molecule has 29 unspecified atom stereocenters. The molecule has 1 aromatic rings. The summed E-state index contributed by atoms with van der Waals surface area (Å²) in [4.78, 5) is 53.9. The lowest BCUT2D eigenvalue weighted by molar-refractivity contribution is -0.399. The summed E-state index contributed by atoms with van der Waals surface area (Å²) < 4.78 is 67.8. The molecule has 12 N–H and O–H groups in total. The number of carbonyl (C=O) groups is 4. The van der Waals surface area contributed by atoms with Gasteiger partial charge in [-0.05, 0) is 96.0 Å². The number of fused-ring (bicyclic) bond motifs is 7. The molecule has 4 saturated heterocycles. The van der Waals surface area contributed by atoms with E-state index in [0.717, 1.165) is 11.1 Å². The van der Waals surface area contributed by atoms with Gasteiger partial charge in [-0.15, -0.1) is 0 Å². The van der Waals surface area contributed by atoms with Crippen LogP contribution in [0.5, 0.6) is 0 Å². The van der Waals surface area contributed by atoms with Gasteiger partial charge in [-0.1, -0.05) is 90.4 Å². The van der Waals surface area contributed by atoms with Gasteiger partial charge in [0.05, 0.1) is 37.9 Å².